The molecule has 1 aliphatic heterocycles. The fraction of sp³-hybridized carbons (Fsp3) is 0.786. The molecule has 1 saturated heterocycles. The van der Waals surface area contributed by atoms with E-state index in [1.165, 1.54) is 26.4 Å². The Morgan fingerprint density at radius 3 is 2.72 bits per heavy atom. The van der Waals surface area contributed by atoms with Crippen molar-refractivity contribution < 1.29 is 9.53 Å². The fourth-order valence-corrected chi connectivity index (χ4v) is 2.77. The summed E-state index contributed by atoms with van der Waals surface area (Å²) in [6.45, 7) is 5.22. The highest BCUT2D eigenvalue weighted by molar-refractivity contribution is 5.69. The van der Waals surface area contributed by atoms with E-state index in [4.69, 9.17) is 0 Å². The molecule has 0 radical (unpaired) electrons. The van der Waals surface area contributed by atoms with E-state index in [0.717, 1.165) is 32.7 Å². The number of allylic oxidation sites excluding steroid dienone is 1. The van der Waals surface area contributed by atoms with Crippen molar-refractivity contribution in [1.82, 2.24) is 9.80 Å². The second-order valence-electron chi connectivity index (χ2n) is 5.13. The van der Waals surface area contributed by atoms with E-state index in [0.29, 0.717) is 12.5 Å². The Hall–Kier alpha value is -0.870. The van der Waals surface area contributed by atoms with E-state index in [9.17, 15) is 4.79 Å². The van der Waals surface area contributed by atoms with Crippen LogP contribution in [0.1, 0.15) is 25.7 Å². The number of hydrogen-bond acceptors (Lipinski definition) is 4. The minimum Gasteiger partial charge on any atom is -0.469 e. The number of esters is 1. The second-order valence-corrected chi connectivity index (χ2v) is 5.13. The summed E-state index contributed by atoms with van der Waals surface area (Å²) in [7, 11) is 1.45. The number of hydrogen-bond donors (Lipinski definition) is 0. The lowest BCUT2D eigenvalue weighted by atomic mass is 10.0. The van der Waals surface area contributed by atoms with Crippen LogP contribution in [0.25, 0.3) is 0 Å². The van der Waals surface area contributed by atoms with E-state index in [1.807, 2.05) is 0 Å². The van der Waals surface area contributed by atoms with Gasteiger partial charge in [0, 0.05) is 38.8 Å². The topological polar surface area (TPSA) is 32.8 Å². The molecule has 102 valence electrons. The van der Waals surface area contributed by atoms with Crippen molar-refractivity contribution in [3.05, 3.63) is 12.2 Å². The van der Waals surface area contributed by atoms with Gasteiger partial charge in [-0.1, -0.05) is 12.2 Å². The van der Waals surface area contributed by atoms with Gasteiger partial charge in [-0.15, -0.1) is 0 Å². The van der Waals surface area contributed by atoms with Crippen molar-refractivity contribution in [2.45, 2.75) is 31.7 Å². The van der Waals surface area contributed by atoms with Gasteiger partial charge < -0.3 is 9.64 Å². The van der Waals surface area contributed by atoms with Crippen LogP contribution in [0.2, 0.25) is 0 Å². The molecule has 1 aliphatic carbocycles. The summed E-state index contributed by atoms with van der Waals surface area (Å²) in [4.78, 5) is 16.0. The van der Waals surface area contributed by atoms with E-state index < -0.39 is 0 Å². The lowest BCUT2D eigenvalue weighted by molar-refractivity contribution is -0.141. The predicted molar refractivity (Wildman–Crippen MR) is 71.4 cm³/mol. The molecule has 0 saturated carbocycles. The third-order valence-corrected chi connectivity index (χ3v) is 3.96. The van der Waals surface area contributed by atoms with Crippen LogP contribution >= 0.6 is 0 Å². The number of carbonyl (C=O) groups excluding carboxylic acids is 1. The molecule has 1 atom stereocenters. The smallest absolute Gasteiger partial charge is 0.306 e. The average Bonchev–Trinajstić information content (AvgIpc) is 2.46. The molecule has 1 heterocycles. The molecular formula is C14H24N2O2. The Bertz CT molecular complexity index is 296. The van der Waals surface area contributed by atoms with Crippen LogP contribution < -0.4 is 0 Å². The van der Waals surface area contributed by atoms with E-state index >= 15 is 0 Å². The van der Waals surface area contributed by atoms with E-state index in [-0.39, 0.29) is 5.97 Å². The van der Waals surface area contributed by atoms with E-state index in [2.05, 4.69) is 26.7 Å². The minimum absolute atomic E-state index is 0.104. The first kappa shape index (κ1) is 13.6. The van der Waals surface area contributed by atoms with Crippen LogP contribution in [0.15, 0.2) is 12.2 Å². The molecule has 0 N–H and O–H groups in total. The summed E-state index contributed by atoms with van der Waals surface area (Å²) in [5, 5.41) is 0. The van der Waals surface area contributed by atoms with Crippen LogP contribution in [0.3, 0.4) is 0 Å². The van der Waals surface area contributed by atoms with Gasteiger partial charge in [0.25, 0.3) is 0 Å². The standard InChI is InChI=1S/C14H24N2O2/c1-18-14(17)7-8-15-9-11-16(12-10-15)13-5-3-2-4-6-13/h3,5,13H,2,4,6-12H2,1H3. The molecule has 0 aromatic carbocycles. The van der Waals surface area contributed by atoms with E-state index in [1.54, 1.807) is 0 Å². The first-order valence-corrected chi connectivity index (χ1v) is 6.99. The Balaban J connectivity index is 1.69. The predicted octanol–water partition coefficient (Wildman–Crippen LogP) is 1.28. The molecule has 1 unspecified atom stereocenters. The Kier molecular flexibility index (Phi) is 5.20. The molecule has 1 fully saturated rings. The fourth-order valence-electron chi connectivity index (χ4n) is 2.77. The molecule has 4 nitrogen and oxygen atoms in total. The van der Waals surface area contributed by atoms with Crippen LogP contribution in [0.5, 0.6) is 0 Å². The second kappa shape index (κ2) is 6.90. The molecule has 4 heteroatoms. The highest BCUT2D eigenvalue weighted by Gasteiger charge is 2.23. The van der Waals surface area contributed by atoms with Gasteiger partial charge in [0.2, 0.25) is 0 Å². The zero-order chi connectivity index (χ0) is 12.8. The molecule has 0 bridgehead atoms. The van der Waals surface area contributed by atoms with Crippen molar-refractivity contribution in [3.63, 3.8) is 0 Å². The molecule has 0 amide bonds. The maximum absolute atomic E-state index is 11.1. The van der Waals surface area contributed by atoms with Crippen LogP contribution in [-0.4, -0.2) is 61.6 Å². The highest BCUT2D eigenvalue weighted by Crippen LogP contribution is 2.18. The number of ether oxygens (including phenoxy) is 1. The minimum atomic E-state index is -0.104. The first-order chi connectivity index (χ1) is 8.79. The van der Waals surface area contributed by atoms with Crippen LogP contribution in [-0.2, 0) is 9.53 Å². The zero-order valence-corrected chi connectivity index (χ0v) is 11.3. The maximum Gasteiger partial charge on any atom is 0.306 e. The molecule has 0 aromatic heterocycles. The van der Waals surface area contributed by atoms with Gasteiger partial charge in [-0.25, -0.2) is 0 Å². The van der Waals surface area contributed by atoms with Crippen molar-refractivity contribution in [2.75, 3.05) is 39.8 Å². The summed E-state index contributed by atoms with van der Waals surface area (Å²) >= 11 is 0. The monoisotopic (exact) mass is 252 g/mol. The molecule has 18 heavy (non-hydrogen) atoms. The van der Waals surface area contributed by atoms with Crippen molar-refractivity contribution in [3.8, 4) is 0 Å². The Morgan fingerprint density at radius 1 is 1.33 bits per heavy atom. The van der Waals surface area contributed by atoms with Crippen molar-refractivity contribution in [2.24, 2.45) is 0 Å². The maximum atomic E-state index is 11.1. The van der Waals surface area contributed by atoms with Crippen LogP contribution in [0, 0.1) is 0 Å². The Labute approximate surface area is 110 Å². The third kappa shape index (κ3) is 3.82. The van der Waals surface area contributed by atoms with Crippen molar-refractivity contribution in [1.29, 1.82) is 0 Å². The lowest BCUT2D eigenvalue weighted by Crippen LogP contribution is -2.50. The molecule has 2 rings (SSSR count). The van der Waals surface area contributed by atoms with Gasteiger partial charge in [-0.05, 0) is 19.3 Å². The summed E-state index contributed by atoms with van der Waals surface area (Å²) < 4.78 is 4.67. The lowest BCUT2D eigenvalue weighted by Gasteiger charge is -2.39. The Morgan fingerprint density at radius 2 is 2.11 bits per heavy atom. The summed E-state index contributed by atoms with van der Waals surface area (Å²) in [5.74, 6) is -0.104. The molecule has 0 aromatic rings. The SMILES string of the molecule is COC(=O)CCN1CCN(C2C=CCCC2)CC1. The third-order valence-electron chi connectivity index (χ3n) is 3.96. The summed E-state index contributed by atoms with van der Waals surface area (Å²) in [6.07, 6.45) is 9.07. The first-order valence-electron chi connectivity index (χ1n) is 6.99. The number of piperazine rings is 1. The highest BCUT2D eigenvalue weighted by atomic mass is 16.5. The molecule has 2 aliphatic rings. The van der Waals surface area contributed by atoms with Crippen LogP contribution in [0.4, 0.5) is 0 Å². The molecular weight excluding hydrogens is 228 g/mol. The normalized spacial score (nSPS) is 26.2. The number of methoxy groups -OCH3 is 1. The number of nitrogens with zero attached hydrogens (tertiary/aromatic N) is 2. The van der Waals surface area contributed by atoms with Gasteiger partial charge >= 0.3 is 5.97 Å². The quantitative estimate of drug-likeness (QED) is 0.557. The molecule has 0 spiro atoms. The number of rotatable bonds is 4. The van der Waals surface area contributed by atoms with Gasteiger partial charge in [-0.2, -0.15) is 0 Å². The van der Waals surface area contributed by atoms with Gasteiger partial charge in [0.15, 0.2) is 0 Å². The zero-order valence-electron chi connectivity index (χ0n) is 11.3. The average molecular weight is 252 g/mol. The van der Waals surface area contributed by atoms with Gasteiger partial charge in [-0.3, -0.25) is 9.69 Å². The summed E-state index contributed by atoms with van der Waals surface area (Å²) in [6, 6.07) is 0.654. The van der Waals surface area contributed by atoms with Gasteiger partial charge in [0.1, 0.15) is 0 Å². The van der Waals surface area contributed by atoms with Crippen molar-refractivity contribution >= 4 is 5.97 Å². The van der Waals surface area contributed by atoms with Gasteiger partial charge in [0.05, 0.1) is 13.5 Å². The summed E-state index contributed by atoms with van der Waals surface area (Å²) in [5.41, 5.74) is 0. The number of carbonyl (C=O) groups is 1. The largest absolute Gasteiger partial charge is 0.469 e.